The van der Waals surface area contributed by atoms with Gasteiger partial charge >= 0.3 is 0 Å². The van der Waals surface area contributed by atoms with Gasteiger partial charge < -0.3 is 4.79 Å². The van der Waals surface area contributed by atoms with Gasteiger partial charge in [0.05, 0.1) is 0 Å². The molecule has 1 unspecified atom stereocenters. The van der Waals surface area contributed by atoms with E-state index in [1.807, 2.05) is 20.8 Å². The van der Waals surface area contributed by atoms with Gasteiger partial charge in [-0.15, -0.1) is 0 Å². The number of thiocarbonyl (C=S) groups is 1. The first-order chi connectivity index (χ1) is 5.16. The van der Waals surface area contributed by atoms with Gasteiger partial charge in [0.2, 0.25) is 0 Å². The van der Waals surface area contributed by atoms with Crippen molar-refractivity contribution >= 4 is 23.9 Å². The van der Waals surface area contributed by atoms with Crippen molar-refractivity contribution in [1.82, 2.24) is 0 Å². The highest BCUT2D eigenvalue weighted by Gasteiger charge is 2.30. The molecule has 0 aliphatic heterocycles. The fourth-order valence-electron chi connectivity index (χ4n) is 1.30. The zero-order valence-electron chi connectivity index (χ0n) is 7.46. The quantitative estimate of drug-likeness (QED) is 0.468. The fraction of sp³-hybridized carbons (Fsp3) is 0.778. The summed E-state index contributed by atoms with van der Waals surface area (Å²) in [6, 6.07) is 0. The van der Waals surface area contributed by atoms with Crippen LogP contribution in [0, 0.1) is 11.3 Å². The van der Waals surface area contributed by atoms with Crippen LogP contribution >= 0.6 is 12.2 Å². The van der Waals surface area contributed by atoms with Gasteiger partial charge in [-0.3, -0.25) is 0 Å². The molecule has 0 saturated heterocycles. The van der Waals surface area contributed by atoms with E-state index in [-0.39, 0.29) is 11.3 Å². The summed E-state index contributed by atoms with van der Waals surface area (Å²) in [4.78, 5) is 10.8. The summed E-state index contributed by atoms with van der Waals surface area (Å²) in [7, 11) is 0. The first-order valence-electron chi connectivity index (χ1n) is 4.08. The Balaban J connectivity index is 4.51. The number of rotatable bonds is 5. The molecule has 1 nitrogen and oxygen atoms in total. The molecule has 0 aliphatic carbocycles. The molecule has 0 heterocycles. The third-order valence-corrected chi connectivity index (χ3v) is 3.07. The summed E-state index contributed by atoms with van der Waals surface area (Å²) < 4.78 is 0. The monoisotopic (exact) mass is 172 g/mol. The lowest BCUT2D eigenvalue weighted by Crippen LogP contribution is -2.29. The number of hydrogen-bond donors (Lipinski definition) is 0. The van der Waals surface area contributed by atoms with Crippen molar-refractivity contribution in [3.63, 3.8) is 0 Å². The maximum Gasteiger partial charge on any atom is 0.126 e. The fourth-order valence-corrected chi connectivity index (χ4v) is 1.57. The zero-order valence-corrected chi connectivity index (χ0v) is 8.28. The topological polar surface area (TPSA) is 17.1 Å². The highest BCUT2D eigenvalue weighted by atomic mass is 32.1. The van der Waals surface area contributed by atoms with Crippen molar-refractivity contribution < 1.29 is 4.79 Å². The predicted molar refractivity (Wildman–Crippen MR) is 51.9 cm³/mol. The van der Waals surface area contributed by atoms with Crippen LogP contribution in [-0.2, 0) is 4.79 Å². The lowest BCUT2D eigenvalue weighted by atomic mass is 9.74. The van der Waals surface area contributed by atoms with Gasteiger partial charge in [-0.05, 0) is 24.1 Å². The molecule has 11 heavy (non-hydrogen) atoms. The summed E-state index contributed by atoms with van der Waals surface area (Å²) in [5.41, 5.74) is -0.207. The van der Waals surface area contributed by atoms with Crippen molar-refractivity contribution in [2.45, 2.75) is 33.6 Å². The molecule has 64 valence electrons. The average Bonchev–Trinajstić information content (AvgIpc) is 2.08. The number of carbonyl (C=O) groups is 1. The number of aldehydes is 1. The lowest BCUT2D eigenvalue weighted by molar-refractivity contribution is -0.117. The van der Waals surface area contributed by atoms with Crippen LogP contribution in [0.2, 0.25) is 0 Å². The van der Waals surface area contributed by atoms with Crippen LogP contribution in [0.3, 0.4) is 0 Å². The van der Waals surface area contributed by atoms with E-state index in [0.717, 1.165) is 19.1 Å². The van der Waals surface area contributed by atoms with Crippen molar-refractivity contribution in [2.75, 3.05) is 0 Å². The van der Waals surface area contributed by atoms with Crippen LogP contribution in [0.15, 0.2) is 0 Å². The Morgan fingerprint density at radius 3 is 2.00 bits per heavy atom. The highest BCUT2D eigenvalue weighted by Crippen LogP contribution is 2.31. The van der Waals surface area contributed by atoms with Crippen LogP contribution in [-0.4, -0.2) is 11.7 Å². The molecule has 0 aromatic rings. The molecule has 0 bridgehead atoms. The molecule has 0 radical (unpaired) electrons. The second kappa shape index (κ2) is 4.60. The van der Waals surface area contributed by atoms with Crippen molar-refractivity contribution in [3.05, 3.63) is 0 Å². The standard InChI is InChI=1S/C9H16OS/c1-4-9(5-2,7-10)8(3)6-11/h6-8H,4-5H2,1-3H3. The Morgan fingerprint density at radius 2 is 1.91 bits per heavy atom. The van der Waals surface area contributed by atoms with Crippen molar-refractivity contribution in [2.24, 2.45) is 11.3 Å². The number of hydrogen-bond acceptors (Lipinski definition) is 2. The van der Waals surface area contributed by atoms with Gasteiger partial charge in [0.1, 0.15) is 6.29 Å². The Kier molecular flexibility index (Phi) is 4.50. The van der Waals surface area contributed by atoms with Crippen LogP contribution in [0.4, 0.5) is 0 Å². The molecule has 0 fully saturated rings. The van der Waals surface area contributed by atoms with Crippen LogP contribution in [0.5, 0.6) is 0 Å². The summed E-state index contributed by atoms with van der Waals surface area (Å²) in [5, 5.41) is 1.70. The van der Waals surface area contributed by atoms with Crippen molar-refractivity contribution in [3.8, 4) is 0 Å². The molecule has 0 aromatic carbocycles. The molecule has 0 N–H and O–H groups in total. The third kappa shape index (κ3) is 2.09. The molecule has 0 saturated carbocycles. The van der Waals surface area contributed by atoms with Crippen LogP contribution in [0.1, 0.15) is 33.6 Å². The second-order valence-electron chi connectivity index (χ2n) is 2.98. The molecule has 0 aliphatic rings. The summed E-state index contributed by atoms with van der Waals surface area (Å²) in [6.45, 7) is 6.08. The van der Waals surface area contributed by atoms with E-state index in [1.165, 1.54) is 0 Å². The summed E-state index contributed by atoms with van der Waals surface area (Å²) in [5.74, 6) is 0.213. The normalized spacial score (nSPS) is 14.1. The maximum atomic E-state index is 10.8. The Hall–Kier alpha value is -0.240. The Morgan fingerprint density at radius 1 is 1.45 bits per heavy atom. The molecule has 0 spiro atoms. The van der Waals surface area contributed by atoms with Gasteiger partial charge in [0.25, 0.3) is 0 Å². The summed E-state index contributed by atoms with van der Waals surface area (Å²) in [6.07, 6.45) is 2.81. The van der Waals surface area contributed by atoms with Gasteiger partial charge in [-0.25, -0.2) is 0 Å². The first-order valence-corrected chi connectivity index (χ1v) is 4.55. The Labute approximate surface area is 74.2 Å². The van der Waals surface area contributed by atoms with E-state index in [1.54, 1.807) is 5.37 Å². The van der Waals surface area contributed by atoms with Gasteiger partial charge in [-0.2, -0.15) is 0 Å². The minimum Gasteiger partial charge on any atom is -0.303 e. The van der Waals surface area contributed by atoms with E-state index in [4.69, 9.17) is 12.2 Å². The molecule has 0 aromatic heterocycles. The van der Waals surface area contributed by atoms with Crippen LogP contribution < -0.4 is 0 Å². The predicted octanol–water partition coefficient (Wildman–Crippen LogP) is 2.63. The SMILES string of the molecule is CCC(C=O)(CC)C(C)C=S. The average molecular weight is 172 g/mol. The minimum absolute atomic E-state index is 0.207. The maximum absolute atomic E-state index is 10.8. The first kappa shape index (κ1) is 10.8. The second-order valence-corrected chi connectivity index (χ2v) is 3.26. The lowest BCUT2D eigenvalue weighted by Gasteiger charge is -2.29. The van der Waals surface area contributed by atoms with E-state index < -0.39 is 0 Å². The molecule has 1 atom stereocenters. The summed E-state index contributed by atoms with van der Waals surface area (Å²) >= 11 is 4.84. The van der Waals surface area contributed by atoms with E-state index in [0.29, 0.717) is 0 Å². The molecule has 2 heteroatoms. The largest absolute Gasteiger partial charge is 0.303 e. The van der Waals surface area contributed by atoms with Gasteiger partial charge in [-0.1, -0.05) is 33.0 Å². The van der Waals surface area contributed by atoms with Gasteiger partial charge in [0.15, 0.2) is 0 Å². The minimum atomic E-state index is -0.207. The number of carbonyl (C=O) groups excluding carboxylic acids is 1. The molecular formula is C9H16OS. The molecule has 0 rings (SSSR count). The third-order valence-electron chi connectivity index (χ3n) is 2.66. The molecular weight excluding hydrogens is 156 g/mol. The smallest absolute Gasteiger partial charge is 0.126 e. The molecule has 0 amide bonds. The van der Waals surface area contributed by atoms with Crippen LogP contribution in [0.25, 0.3) is 0 Å². The van der Waals surface area contributed by atoms with E-state index >= 15 is 0 Å². The van der Waals surface area contributed by atoms with E-state index in [9.17, 15) is 4.79 Å². The highest BCUT2D eigenvalue weighted by molar-refractivity contribution is 7.79. The zero-order chi connectivity index (χ0) is 8.91. The van der Waals surface area contributed by atoms with Crippen molar-refractivity contribution in [1.29, 1.82) is 0 Å². The van der Waals surface area contributed by atoms with Gasteiger partial charge in [0, 0.05) is 5.41 Å². The Bertz CT molecular complexity index is 138. The van der Waals surface area contributed by atoms with E-state index in [2.05, 4.69) is 0 Å².